The van der Waals surface area contributed by atoms with Crippen LogP contribution in [-0.2, 0) is 11.3 Å². The van der Waals surface area contributed by atoms with Crippen LogP contribution in [0, 0.1) is 0 Å². The molecule has 188 valence electrons. The van der Waals surface area contributed by atoms with Crippen LogP contribution in [0.3, 0.4) is 0 Å². The molecule has 2 aromatic carbocycles. The first-order valence-electron chi connectivity index (χ1n) is 11.2. The summed E-state index contributed by atoms with van der Waals surface area (Å²) in [6.45, 7) is 1.86. The third-order valence-electron chi connectivity index (χ3n) is 5.80. The molecular formula is C24H30Cl2N6O3. The first-order chi connectivity index (χ1) is 16.6. The molecule has 35 heavy (non-hydrogen) atoms. The number of aliphatic carboxylic acids is 1. The van der Waals surface area contributed by atoms with Gasteiger partial charge >= 0.3 is 12.0 Å². The summed E-state index contributed by atoms with van der Waals surface area (Å²) >= 11 is 12.8. The van der Waals surface area contributed by atoms with E-state index in [2.05, 4.69) is 20.5 Å². The van der Waals surface area contributed by atoms with Gasteiger partial charge in [0.25, 0.3) is 0 Å². The molecule has 1 heterocycles. The number of aliphatic imine (C=N–C) groups is 1. The zero-order chi connectivity index (χ0) is 25.5. The van der Waals surface area contributed by atoms with E-state index in [1.807, 2.05) is 31.3 Å². The normalized spacial score (nSPS) is 16.1. The van der Waals surface area contributed by atoms with Gasteiger partial charge in [0.2, 0.25) is 0 Å². The second-order valence-corrected chi connectivity index (χ2v) is 9.52. The number of benzene rings is 2. The Balaban J connectivity index is 1.72. The Hall–Kier alpha value is -3.01. The maximum atomic E-state index is 12.6. The van der Waals surface area contributed by atoms with Crippen molar-refractivity contribution >= 4 is 46.8 Å². The van der Waals surface area contributed by atoms with E-state index in [-0.39, 0.29) is 18.3 Å². The predicted molar refractivity (Wildman–Crippen MR) is 139 cm³/mol. The Kier molecular flexibility index (Phi) is 9.20. The minimum Gasteiger partial charge on any atom is -0.481 e. The fraction of sp³-hybridized carbons (Fsp3) is 0.375. The quantitative estimate of drug-likeness (QED) is 0.194. The molecule has 1 unspecified atom stereocenters. The van der Waals surface area contributed by atoms with Crippen LogP contribution in [0.4, 0.5) is 10.5 Å². The summed E-state index contributed by atoms with van der Waals surface area (Å²) in [7, 11) is 2.03. The van der Waals surface area contributed by atoms with Gasteiger partial charge in [0.1, 0.15) is 0 Å². The highest BCUT2D eigenvalue weighted by Gasteiger charge is 2.27. The molecule has 1 aliphatic rings. The molecule has 0 fully saturated rings. The topological polar surface area (TPSA) is 146 Å². The van der Waals surface area contributed by atoms with Crippen molar-refractivity contribution < 1.29 is 14.7 Å². The molecule has 7 N–H and O–H groups in total. The number of carboxylic acid groups (broad SMARTS) is 1. The van der Waals surface area contributed by atoms with E-state index in [4.69, 9.17) is 34.7 Å². The number of carboxylic acids is 1. The summed E-state index contributed by atoms with van der Waals surface area (Å²) in [6.07, 6.45) is 0.747. The highest BCUT2D eigenvalue weighted by atomic mass is 35.5. The maximum Gasteiger partial charge on any atom is 0.319 e. The number of amides is 2. The molecule has 1 aliphatic heterocycles. The van der Waals surface area contributed by atoms with Gasteiger partial charge in [-0.25, -0.2) is 4.79 Å². The lowest BCUT2D eigenvalue weighted by molar-refractivity contribution is -0.137. The molecule has 0 radical (unpaired) electrons. The molecule has 0 bridgehead atoms. The number of urea groups is 1. The van der Waals surface area contributed by atoms with Crippen molar-refractivity contribution in [2.24, 2.45) is 16.5 Å². The number of hydrogen-bond donors (Lipinski definition) is 5. The van der Waals surface area contributed by atoms with Crippen molar-refractivity contribution in [3.05, 3.63) is 63.1 Å². The van der Waals surface area contributed by atoms with Gasteiger partial charge in [0.05, 0.1) is 6.42 Å². The van der Waals surface area contributed by atoms with Crippen molar-refractivity contribution in [3.8, 4) is 0 Å². The van der Waals surface area contributed by atoms with Crippen LogP contribution in [0.25, 0.3) is 0 Å². The molecule has 3 rings (SSSR count). The Morgan fingerprint density at radius 2 is 2.03 bits per heavy atom. The number of carbonyl (C=O) groups is 2. The molecule has 11 heteroatoms. The number of halogens is 2. The van der Waals surface area contributed by atoms with Gasteiger partial charge in [-0.15, -0.1) is 0 Å². The molecule has 2 aromatic rings. The number of carbonyl (C=O) groups excluding carboxylic acids is 1. The molecule has 0 aromatic heterocycles. The molecule has 0 saturated heterocycles. The van der Waals surface area contributed by atoms with Gasteiger partial charge < -0.3 is 32.1 Å². The van der Waals surface area contributed by atoms with E-state index < -0.39 is 18.0 Å². The summed E-state index contributed by atoms with van der Waals surface area (Å²) < 4.78 is 0. The zero-order valence-corrected chi connectivity index (χ0v) is 20.9. The summed E-state index contributed by atoms with van der Waals surface area (Å²) in [6, 6.07) is 10.2. The molecule has 0 saturated carbocycles. The van der Waals surface area contributed by atoms with E-state index in [1.54, 1.807) is 12.1 Å². The van der Waals surface area contributed by atoms with E-state index >= 15 is 0 Å². The van der Waals surface area contributed by atoms with Crippen molar-refractivity contribution in [2.45, 2.75) is 37.8 Å². The Morgan fingerprint density at radius 3 is 2.74 bits per heavy atom. The fourth-order valence-electron chi connectivity index (χ4n) is 4.30. The summed E-state index contributed by atoms with van der Waals surface area (Å²) in [5.74, 6) is -1.00. The smallest absolute Gasteiger partial charge is 0.319 e. The lowest BCUT2D eigenvalue weighted by atomic mass is 9.84. The van der Waals surface area contributed by atoms with Gasteiger partial charge in [-0.2, -0.15) is 0 Å². The maximum absolute atomic E-state index is 12.6. The van der Waals surface area contributed by atoms with Crippen molar-refractivity contribution in [2.75, 3.05) is 25.5 Å². The average Bonchev–Trinajstić information content (AvgIpc) is 2.76. The predicted octanol–water partition coefficient (Wildman–Crippen LogP) is 3.59. The van der Waals surface area contributed by atoms with Crippen LogP contribution in [0.5, 0.6) is 0 Å². The summed E-state index contributed by atoms with van der Waals surface area (Å²) in [5.41, 5.74) is 14.3. The molecule has 2 atom stereocenters. The minimum atomic E-state index is -1.00. The number of hydrogen-bond acceptors (Lipinski definition) is 4. The summed E-state index contributed by atoms with van der Waals surface area (Å²) in [5, 5.41) is 16.0. The monoisotopic (exact) mass is 520 g/mol. The molecule has 9 nitrogen and oxygen atoms in total. The number of rotatable bonds is 9. The fourth-order valence-corrected chi connectivity index (χ4v) is 4.87. The van der Waals surface area contributed by atoms with Crippen LogP contribution < -0.4 is 22.1 Å². The number of nitrogens with two attached hydrogens (primary N) is 2. The van der Waals surface area contributed by atoms with Crippen LogP contribution in [0.1, 0.15) is 41.9 Å². The number of guanidine groups is 1. The number of nitrogens with zero attached hydrogens (tertiary/aromatic N) is 2. The van der Waals surface area contributed by atoms with E-state index in [9.17, 15) is 14.7 Å². The third-order valence-corrected chi connectivity index (χ3v) is 6.36. The highest BCUT2D eigenvalue weighted by Crippen LogP contribution is 2.38. The first-order valence-corrected chi connectivity index (χ1v) is 12.0. The van der Waals surface area contributed by atoms with E-state index in [0.29, 0.717) is 35.1 Å². The van der Waals surface area contributed by atoms with Gasteiger partial charge in [0.15, 0.2) is 5.96 Å². The van der Waals surface area contributed by atoms with Gasteiger partial charge in [-0.05, 0) is 60.8 Å². The number of likely N-dealkylation sites (N-methyl/N-ethyl adjacent to an activating group) is 1. The largest absolute Gasteiger partial charge is 0.481 e. The number of fused-ring (bicyclic) bond motifs is 1. The van der Waals surface area contributed by atoms with Crippen LogP contribution in [0.2, 0.25) is 10.0 Å². The standard InChI is InChI=1S/C24H30Cl2N6O3/c1-32-12-19(18-9-15(25)10-21(26)20(18)13-32)14-4-2-5-16(8-14)30-24(35)31-17(11-22(33)34)6-3-7-29-23(27)28/h2,4-5,8-10,17,19H,3,6-7,11-13H2,1H3,(H,33,34)(H4,27,28,29)(H2,30,31,35)/t17-,19?/m0/s1. The highest BCUT2D eigenvalue weighted by molar-refractivity contribution is 6.35. The van der Waals surface area contributed by atoms with E-state index in [1.165, 1.54) is 0 Å². The van der Waals surface area contributed by atoms with Crippen molar-refractivity contribution in [1.82, 2.24) is 10.2 Å². The second-order valence-electron chi connectivity index (χ2n) is 8.67. The van der Waals surface area contributed by atoms with Gasteiger partial charge in [-0.3, -0.25) is 9.79 Å². The molecule has 0 aliphatic carbocycles. The third kappa shape index (κ3) is 7.74. The molecule has 0 spiro atoms. The Morgan fingerprint density at radius 1 is 1.26 bits per heavy atom. The van der Waals surface area contributed by atoms with Gasteiger partial charge in [-0.1, -0.05) is 35.3 Å². The van der Waals surface area contributed by atoms with Crippen molar-refractivity contribution in [3.63, 3.8) is 0 Å². The van der Waals surface area contributed by atoms with Crippen LogP contribution >= 0.6 is 23.2 Å². The Bertz CT molecular complexity index is 1110. The SMILES string of the molecule is CN1Cc2c(Cl)cc(Cl)cc2C(c2cccc(NC(=O)N[C@@H](CCCN=C(N)N)CC(=O)O)c2)C1. The van der Waals surface area contributed by atoms with E-state index in [0.717, 1.165) is 29.8 Å². The number of nitrogens with one attached hydrogen (secondary N) is 2. The summed E-state index contributed by atoms with van der Waals surface area (Å²) in [4.78, 5) is 29.9. The lowest BCUT2D eigenvalue weighted by Crippen LogP contribution is -2.39. The molecular weight excluding hydrogens is 491 g/mol. The number of anilines is 1. The van der Waals surface area contributed by atoms with Gasteiger partial charge in [0, 0.05) is 47.3 Å². The van der Waals surface area contributed by atoms with Crippen molar-refractivity contribution in [1.29, 1.82) is 0 Å². The molecule has 2 amide bonds. The minimum absolute atomic E-state index is 0.0262. The van der Waals surface area contributed by atoms with Crippen LogP contribution in [0.15, 0.2) is 41.4 Å². The average molecular weight is 521 g/mol. The first kappa shape index (κ1) is 26.6. The lowest BCUT2D eigenvalue weighted by Gasteiger charge is -2.33. The Labute approximate surface area is 214 Å². The second kappa shape index (κ2) is 12.1. The zero-order valence-electron chi connectivity index (χ0n) is 19.4. The van der Waals surface area contributed by atoms with Crippen LogP contribution in [-0.4, -0.2) is 54.1 Å².